The predicted molar refractivity (Wildman–Crippen MR) is 95.9 cm³/mol. The first-order valence-corrected chi connectivity index (χ1v) is 9.17. The van der Waals surface area contributed by atoms with E-state index in [9.17, 15) is 4.79 Å². The maximum absolute atomic E-state index is 12.9. The van der Waals surface area contributed by atoms with Gasteiger partial charge < -0.3 is 15.4 Å². The molecule has 1 aromatic rings. The fourth-order valence-electron chi connectivity index (χ4n) is 4.14. The lowest BCUT2D eigenvalue weighted by molar-refractivity contribution is -0.135. The zero-order valence-corrected chi connectivity index (χ0v) is 15.0. The van der Waals surface area contributed by atoms with Crippen LogP contribution >= 0.6 is 0 Å². The van der Waals surface area contributed by atoms with Crippen LogP contribution in [0, 0.1) is 12.3 Å². The molecule has 3 rings (SSSR count). The van der Waals surface area contributed by atoms with Crippen LogP contribution in [0.1, 0.15) is 49.7 Å². The lowest BCUT2D eigenvalue weighted by atomic mass is 9.77. The first-order chi connectivity index (χ1) is 11.5. The predicted octanol–water partition coefficient (Wildman–Crippen LogP) is 2.85. The molecule has 132 valence electrons. The molecular formula is C20H30N2O2. The molecule has 2 fully saturated rings. The van der Waals surface area contributed by atoms with Gasteiger partial charge in [-0.05, 0) is 50.6 Å². The number of ether oxygens (including phenoxy) is 1. The summed E-state index contributed by atoms with van der Waals surface area (Å²) in [6, 6.07) is 9.05. The van der Waals surface area contributed by atoms with Crippen molar-refractivity contribution in [2.75, 3.05) is 26.3 Å². The standard InChI is InChI=1S/C20H30N2O2/c1-15-3-5-17(6-4-15)18-11-16(2)22(13-18)19(23)12-20(14-21)7-9-24-10-8-20/h3-6,16,18H,7-14,21H2,1-2H3. The van der Waals surface area contributed by atoms with Crippen molar-refractivity contribution in [1.29, 1.82) is 0 Å². The van der Waals surface area contributed by atoms with E-state index in [-0.39, 0.29) is 11.3 Å². The van der Waals surface area contributed by atoms with Crippen LogP contribution in [0.4, 0.5) is 0 Å². The largest absolute Gasteiger partial charge is 0.381 e. The highest BCUT2D eigenvalue weighted by Gasteiger charge is 2.39. The Morgan fingerprint density at radius 1 is 1.29 bits per heavy atom. The number of nitrogens with two attached hydrogens (primary N) is 1. The number of hydrogen-bond acceptors (Lipinski definition) is 3. The monoisotopic (exact) mass is 330 g/mol. The zero-order valence-electron chi connectivity index (χ0n) is 15.0. The molecular weight excluding hydrogens is 300 g/mol. The van der Waals surface area contributed by atoms with Crippen molar-refractivity contribution in [2.24, 2.45) is 11.1 Å². The Morgan fingerprint density at radius 3 is 2.58 bits per heavy atom. The minimum Gasteiger partial charge on any atom is -0.381 e. The third-order valence-electron chi connectivity index (χ3n) is 5.96. The summed E-state index contributed by atoms with van der Waals surface area (Å²) in [5.74, 6) is 0.720. The Balaban J connectivity index is 1.65. The fourth-order valence-corrected chi connectivity index (χ4v) is 4.14. The van der Waals surface area contributed by atoms with Crippen molar-refractivity contribution in [3.8, 4) is 0 Å². The molecule has 4 heteroatoms. The zero-order chi connectivity index (χ0) is 17.2. The molecule has 0 spiro atoms. The number of amides is 1. The highest BCUT2D eigenvalue weighted by molar-refractivity contribution is 5.78. The topological polar surface area (TPSA) is 55.6 Å². The first kappa shape index (κ1) is 17.4. The lowest BCUT2D eigenvalue weighted by Crippen LogP contribution is -2.43. The third-order valence-corrected chi connectivity index (χ3v) is 5.96. The third kappa shape index (κ3) is 3.65. The van der Waals surface area contributed by atoms with E-state index in [4.69, 9.17) is 10.5 Å². The second-order valence-electron chi connectivity index (χ2n) is 7.73. The quantitative estimate of drug-likeness (QED) is 0.923. The molecule has 4 nitrogen and oxygen atoms in total. The molecule has 1 amide bonds. The van der Waals surface area contributed by atoms with Gasteiger partial charge in [0.2, 0.25) is 5.91 Å². The van der Waals surface area contributed by atoms with Gasteiger partial charge in [-0.25, -0.2) is 0 Å². The Labute approximate surface area is 145 Å². The van der Waals surface area contributed by atoms with Crippen molar-refractivity contribution >= 4 is 5.91 Å². The molecule has 2 saturated heterocycles. The molecule has 0 aromatic heterocycles. The molecule has 1 aromatic carbocycles. The van der Waals surface area contributed by atoms with Gasteiger partial charge >= 0.3 is 0 Å². The van der Waals surface area contributed by atoms with E-state index < -0.39 is 0 Å². The molecule has 0 bridgehead atoms. The molecule has 2 atom stereocenters. The molecule has 0 radical (unpaired) electrons. The van der Waals surface area contributed by atoms with Crippen LogP contribution in [0.2, 0.25) is 0 Å². The number of rotatable bonds is 4. The smallest absolute Gasteiger partial charge is 0.223 e. The van der Waals surface area contributed by atoms with Gasteiger partial charge in [0.25, 0.3) is 0 Å². The van der Waals surface area contributed by atoms with Crippen molar-refractivity contribution in [3.05, 3.63) is 35.4 Å². The number of aryl methyl sites for hydroxylation is 1. The van der Waals surface area contributed by atoms with Crippen molar-refractivity contribution in [3.63, 3.8) is 0 Å². The van der Waals surface area contributed by atoms with Crippen LogP contribution in [0.25, 0.3) is 0 Å². The Hall–Kier alpha value is -1.39. The second-order valence-corrected chi connectivity index (χ2v) is 7.73. The van der Waals surface area contributed by atoms with Gasteiger partial charge in [0.15, 0.2) is 0 Å². The van der Waals surface area contributed by atoms with E-state index in [1.807, 2.05) is 0 Å². The molecule has 2 aliphatic rings. The van der Waals surface area contributed by atoms with E-state index in [2.05, 4.69) is 43.0 Å². The van der Waals surface area contributed by atoms with E-state index in [1.165, 1.54) is 11.1 Å². The number of carbonyl (C=O) groups excluding carboxylic acids is 1. The average molecular weight is 330 g/mol. The summed E-state index contributed by atoms with van der Waals surface area (Å²) < 4.78 is 5.46. The molecule has 2 heterocycles. The molecule has 2 unspecified atom stereocenters. The Bertz CT molecular complexity index is 564. The van der Waals surface area contributed by atoms with Gasteiger partial charge in [0.1, 0.15) is 0 Å². The summed E-state index contributed by atoms with van der Waals surface area (Å²) in [5, 5.41) is 0. The summed E-state index contributed by atoms with van der Waals surface area (Å²) in [7, 11) is 0. The van der Waals surface area contributed by atoms with Crippen molar-refractivity contribution in [2.45, 2.75) is 51.5 Å². The summed E-state index contributed by atoms with van der Waals surface area (Å²) >= 11 is 0. The number of nitrogens with zero attached hydrogens (tertiary/aromatic N) is 1. The van der Waals surface area contributed by atoms with E-state index in [1.54, 1.807) is 0 Å². The van der Waals surface area contributed by atoms with Crippen LogP contribution in [0.5, 0.6) is 0 Å². The molecule has 0 aliphatic carbocycles. The van der Waals surface area contributed by atoms with Gasteiger partial charge in [0.05, 0.1) is 0 Å². The van der Waals surface area contributed by atoms with Gasteiger partial charge in [-0.2, -0.15) is 0 Å². The second kappa shape index (κ2) is 7.24. The Morgan fingerprint density at radius 2 is 1.96 bits per heavy atom. The van der Waals surface area contributed by atoms with Gasteiger partial charge in [0, 0.05) is 38.1 Å². The highest BCUT2D eigenvalue weighted by atomic mass is 16.5. The highest BCUT2D eigenvalue weighted by Crippen LogP contribution is 2.37. The van der Waals surface area contributed by atoms with Gasteiger partial charge in [-0.1, -0.05) is 29.8 Å². The lowest BCUT2D eigenvalue weighted by Gasteiger charge is -2.37. The minimum atomic E-state index is -0.0585. The minimum absolute atomic E-state index is 0.0585. The molecule has 2 aliphatic heterocycles. The van der Waals surface area contributed by atoms with E-state index in [0.717, 1.165) is 39.0 Å². The average Bonchev–Trinajstić information content (AvgIpc) is 2.98. The first-order valence-electron chi connectivity index (χ1n) is 9.17. The van der Waals surface area contributed by atoms with Crippen LogP contribution in [-0.4, -0.2) is 43.2 Å². The van der Waals surface area contributed by atoms with Crippen molar-refractivity contribution in [1.82, 2.24) is 4.90 Å². The fraction of sp³-hybridized carbons (Fsp3) is 0.650. The summed E-state index contributed by atoms with van der Waals surface area (Å²) in [6.07, 6.45) is 3.42. The molecule has 2 N–H and O–H groups in total. The van der Waals surface area contributed by atoms with Gasteiger partial charge in [-0.15, -0.1) is 0 Å². The summed E-state index contributed by atoms with van der Waals surface area (Å²) in [6.45, 7) is 7.15. The van der Waals surface area contributed by atoms with E-state index >= 15 is 0 Å². The van der Waals surface area contributed by atoms with E-state index in [0.29, 0.717) is 24.9 Å². The van der Waals surface area contributed by atoms with Crippen molar-refractivity contribution < 1.29 is 9.53 Å². The molecule has 24 heavy (non-hydrogen) atoms. The van der Waals surface area contributed by atoms with Crippen LogP contribution in [0.3, 0.4) is 0 Å². The molecule has 0 saturated carbocycles. The van der Waals surface area contributed by atoms with Crippen LogP contribution in [-0.2, 0) is 9.53 Å². The normalized spacial score (nSPS) is 26.5. The SMILES string of the molecule is Cc1ccc(C2CC(C)N(C(=O)CC3(CN)CCOCC3)C2)cc1. The maximum Gasteiger partial charge on any atom is 0.223 e. The van der Waals surface area contributed by atoms with Crippen LogP contribution in [0.15, 0.2) is 24.3 Å². The number of carbonyl (C=O) groups is 1. The number of hydrogen-bond donors (Lipinski definition) is 1. The maximum atomic E-state index is 12.9. The van der Waals surface area contributed by atoms with Gasteiger partial charge in [-0.3, -0.25) is 4.79 Å². The number of benzene rings is 1. The summed E-state index contributed by atoms with van der Waals surface area (Å²) in [4.78, 5) is 15.0. The van der Waals surface area contributed by atoms with Crippen LogP contribution < -0.4 is 5.73 Å². The number of likely N-dealkylation sites (tertiary alicyclic amines) is 1. The Kier molecular flexibility index (Phi) is 5.26. The summed E-state index contributed by atoms with van der Waals surface area (Å²) in [5.41, 5.74) is 8.60.